The molecule has 1 N–H and O–H groups in total. The predicted octanol–water partition coefficient (Wildman–Crippen LogP) is 3.57. The summed E-state index contributed by atoms with van der Waals surface area (Å²) in [7, 11) is -3.42. The molecule has 2 aromatic rings. The molecule has 1 heterocycles. The van der Waals surface area contributed by atoms with Gasteiger partial charge in [-0.2, -0.15) is 5.10 Å². The smallest absolute Gasteiger partial charge is 0.271 e. The first-order chi connectivity index (χ1) is 14.9. The third-order valence-corrected chi connectivity index (χ3v) is 8.08. The summed E-state index contributed by atoms with van der Waals surface area (Å²) in [6, 6.07) is 15.0. The Bertz CT molecular complexity index is 1120. The Morgan fingerprint density at radius 1 is 1.03 bits per heavy atom. The van der Waals surface area contributed by atoms with Gasteiger partial charge in [-0.05, 0) is 50.1 Å². The number of Topliss-reactive ketones (excluding diaryl/α,β-unsaturated/α-hetero) is 1. The molecule has 0 radical (unpaired) electrons. The van der Waals surface area contributed by atoms with E-state index in [-0.39, 0.29) is 28.1 Å². The van der Waals surface area contributed by atoms with Gasteiger partial charge in [0, 0.05) is 12.1 Å². The lowest BCUT2D eigenvalue weighted by Gasteiger charge is -2.20. The number of para-hydroxylation sites is 1. The highest BCUT2D eigenvalue weighted by molar-refractivity contribution is 7.92. The van der Waals surface area contributed by atoms with E-state index >= 15 is 0 Å². The monoisotopic (exact) mass is 439 g/mol. The van der Waals surface area contributed by atoms with Crippen molar-refractivity contribution in [3.63, 3.8) is 0 Å². The van der Waals surface area contributed by atoms with Crippen LogP contribution in [0.4, 0.5) is 11.4 Å². The molecule has 1 atom stereocenters. The van der Waals surface area contributed by atoms with Crippen LogP contribution in [-0.4, -0.2) is 37.1 Å². The second kappa shape index (κ2) is 8.63. The standard InChI is InChI=1S/C23H25N3O4S/c1-16(27)22-15-21(25-26(22)18-9-3-2-4-10-18)23(28)24-17-8-7-13-20(14-17)31(29,30)19-11-5-6-12-19/h2-4,7-10,13-14,19,22H,5-6,11-12,15H2,1H3,(H,24,28). The molecular formula is C23H25N3O4S. The number of hydrogen-bond acceptors (Lipinski definition) is 6. The SMILES string of the molecule is CC(=O)C1CC(C(=O)Nc2cccc(S(=O)(=O)C3CCCC3)c2)=NN1c1ccccc1. The second-order valence-corrected chi connectivity index (χ2v) is 10.2. The number of hydrogen-bond donors (Lipinski definition) is 1. The average Bonchev–Trinajstić information content (AvgIpc) is 3.45. The van der Waals surface area contributed by atoms with Crippen LogP contribution in [-0.2, 0) is 19.4 Å². The van der Waals surface area contributed by atoms with E-state index in [9.17, 15) is 18.0 Å². The van der Waals surface area contributed by atoms with Gasteiger partial charge in [0.05, 0.1) is 15.8 Å². The Balaban J connectivity index is 1.54. The molecule has 0 saturated heterocycles. The van der Waals surface area contributed by atoms with Gasteiger partial charge < -0.3 is 5.32 Å². The molecule has 31 heavy (non-hydrogen) atoms. The van der Waals surface area contributed by atoms with Crippen LogP contribution in [0.3, 0.4) is 0 Å². The highest BCUT2D eigenvalue weighted by Crippen LogP contribution is 2.31. The summed E-state index contributed by atoms with van der Waals surface area (Å²) in [5, 5.41) is 8.35. The van der Waals surface area contributed by atoms with E-state index in [0.29, 0.717) is 18.5 Å². The molecule has 1 fully saturated rings. The van der Waals surface area contributed by atoms with Gasteiger partial charge in [-0.25, -0.2) is 8.42 Å². The molecule has 1 amide bonds. The molecule has 1 aliphatic carbocycles. The van der Waals surface area contributed by atoms with Crippen molar-refractivity contribution < 1.29 is 18.0 Å². The van der Waals surface area contributed by atoms with Crippen molar-refractivity contribution in [2.24, 2.45) is 5.10 Å². The fraction of sp³-hybridized carbons (Fsp3) is 0.348. The van der Waals surface area contributed by atoms with Crippen molar-refractivity contribution in [1.29, 1.82) is 0 Å². The molecule has 0 spiro atoms. The molecule has 7 nitrogen and oxygen atoms in total. The number of amides is 1. The Labute approximate surface area is 182 Å². The summed E-state index contributed by atoms with van der Waals surface area (Å²) in [6.07, 6.45) is 3.40. The largest absolute Gasteiger partial charge is 0.321 e. The summed E-state index contributed by atoms with van der Waals surface area (Å²) in [5.74, 6) is -0.528. The number of carbonyl (C=O) groups excluding carboxylic acids is 2. The van der Waals surface area contributed by atoms with Crippen LogP contribution >= 0.6 is 0 Å². The van der Waals surface area contributed by atoms with Crippen molar-refractivity contribution >= 4 is 38.6 Å². The van der Waals surface area contributed by atoms with Crippen molar-refractivity contribution in [3.8, 4) is 0 Å². The van der Waals surface area contributed by atoms with E-state index in [2.05, 4.69) is 10.4 Å². The third-order valence-electron chi connectivity index (χ3n) is 5.82. The van der Waals surface area contributed by atoms with Crippen molar-refractivity contribution in [2.75, 3.05) is 10.3 Å². The summed E-state index contributed by atoms with van der Waals surface area (Å²) in [5.41, 5.74) is 1.35. The zero-order valence-corrected chi connectivity index (χ0v) is 18.1. The van der Waals surface area contributed by atoms with Crippen LogP contribution in [0.5, 0.6) is 0 Å². The lowest BCUT2D eigenvalue weighted by molar-refractivity contribution is -0.118. The zero-order valence-electron chi connectivity index (χ0n) is 17.3. The minimum Gasteiger partial charge on any atom is -0.321 e. The first-order valence-corrected chi connectivity index (χ1v) is 12.0. The van der Waals surface area contributed by atoms with Gasteiger partial charge in [-0.3, -0.25) is 14.6 Å². The van der Waals surface area contributed by atoms with Gasteiger partial charge in [0.1, 0.15) is 11.8 Å². The van der Waals surface area contributed by atoms with E-state index in [1.165, 1.54) is 13.0 Å². The molecule has 8 heteroatoms. The van der Waals surface area contributed by atoms with Crippen LogP contribution in [0.15, 0.2) is 64.6 Å². The van der Waals surface area contributed by atoms with Gasteiger partial charge in [0.15, 0.2) is 15.6 Å². The number of nitrogens with zero attached hydrogens (tertiary/aromatic N) is 2. The molecule has 1 unspecified atom stereocenters. The van der Waals surface area contributed by atoms with Crippen molar-refractivity contribution in [1.82, 2.24) is 0 Å². The van der Waals surface area contributed by atoms with Crippen LogP contribution in [0.1, 0.15) is 39.0 Å². The number of sulfone groups is 1. The lowest BCUT2D eigenvalue weighted by Crippen LogP contribution is -2.33. The van der Waals surface area contributed by atoms with Gasteiger partial charge in [-0.1, -0.05) is 37.1 Å². The number of hydrazone groups is 1. The summed E-state index contributed by atoms with van der Waals surface area (Å²) < 4.78 is 25.7. The van der Waals surface area contributed by atoms with Gasteiger partial charge in [-0.15, -0.1) is 0 Å². The number of rotatable bonds is 6. The minimum atomic E-state index is -3.42. The van der Waals surface area contributed by atoms with Gasteiger partial charge in [0.2, 0.25) is 0 Å². The summed E-state index contributed by atoms with van der Waals surface area (Å²) in [4.78, 5) is 25.2. The quantitative estimate of drug-likeness (QED) is 0.742. The fourth-order valence-electron chi connectivity index (χ4n) is 4.13. The number of carbonyl (C=O) groups is 2. The van der Waals surface area contributed by atoms with E-state index in [0.717, 1.165) is 18.5 Å². The van der Waals surface area contributed by atoms with Crippen LogP contribution in [0.25, 0.3) is 0 Å². The van der Waals surface area contributed by atoms with Gasteiger partial charge >= 0.3 is 0 Å². The van der Waals surface area contributed by atoms with Crippen molar-refractivity contribution in [2.45, 2.75) is 55.2 Å². The lowest BCUT2D eigenvalue weighted by atomic mass is 10.1. The molecular weight excluding hydrogens is 414 g/mol. The Morgan fingerprint density at radius 2 is 1.74 bits per heavy atom. The fourth-order valence-corrected chi connectivity index (χ4v) is 6.03. The first-order valence-electron chi connectivity index (χ1n) is 10.4. The number of ketones is 1. The number of benzene rings is 2. The summed E-state index contributed by atoms with van der Waals surface area (Å²) in [6.45, 7) is 1.48. The maximum atomic E-state index is 12.9. The number of anilines is 2. The highest BCUT2D eigenvalue weighted by atomic mass is 32.2. The Hall–Kier alpha value is -3.00. The van der Waals surface area contributed by atoms with E-state index < -0.39 is 21.8 Å². The van der Waals surface area contributed by atoms with Gasteiger partial charge in [0.25, 0.3) is 5.91 Å². The van der Waals surface area contributed by atoms with E-state index in [4.69, 9.17) is 0 Å². The van der Waals surface area contributed by atoms with Crippen LogP contribution < -0.4 is 10.3 Å². The Morgan fingerprint density at radius 3 is 2.42 bits per heavy atom. The Kier molecular flexibility index (Phi) is 5.91. The second-order valence-electron chi connectivity index (χ2n) is 7.99. The average molecular weight is 440 g/mol. The predicted molar refractivity (Wildman–Crippen MR) is 120 cm³/mol. The normalized spacial score (nSPS) is 19.3. The van der Waals surface area contributed by atoms with E-state index in [1.54, 1.807) is 23.2 Å². The zero-order chi connectivity index (χ0) is 22.0. The van der Waals surface area contributed by atoms with Crippen LogP contribution in [0.2, 0.25) is 0 Å². The molecule has 1 saturated carbocycles. The summed E-state index contributed by atoms with van der Waals surface area (Å²) >= 11 is 0. The minimum absolute atomic E-state index is 0.0833. The topological polar surface area (TPSA) is 95.9 Å². The van der Waals surface area contributed by atoms with E-state index in [1.807, 2.05) is 30.3 Å². The van der Waals surface area contributed by atoms with Crippen LogP contribution in [0, 0.1) is 0 Å². The molecule has 2 aromatic carbocycles. The maximum absolute atomic E-state index is 12.9. The highest BCUT2D eigenvalue weighted by Gasteiger charge is 2.34. The number of nitrogens with one attached hydrogen (secondary N) is 1. The molecule has 162 valence electrons. The van der Waals surface area contributed by atoms with Crippen molar-refractivity contribution in [3.05, 3.63) is 54.6 Å². The molecule has 0 aromatic heterocycles. The molecule has 0 bridgehead atoms. The first kappa shape index (κ1) is 21.2. The molecule has 2 aliphatic rings. The molecule has 4 rings (SSSR count). The third kappa shape index (κ3) is 4.39. The molecule has 1 aliphatic heterocycles. The maximum Gasteiger partial charge on any atom is 0.271 e.